The van der Waals surface area contributed by atoms with Gasteiger partial charge in [0, 0.05) is 39.3 Å². The van der Waals surface area contributed by atoms with Gasteiger partial charge in [-0.25, -0.2) is 4.98 Å². The summed E-state index contributed by atoms with van der Waals surface area (Å²) in [7, 11) is 0. The monoisotopic (exact) mass is 542 g/mol. The summed E-state index contributed by atoms with van der Waals surface area (Å²) < 4.78 is 78.8. The van der Waals surface area contributed by atoms with Crippen LogP contribution in [0.1, 0.15) is 21.5 Å². The number of nitrogens with one attached hydrogen (secondary N) is 3. The Kier molecular flexibility index (Phi) is 6.25. The number of anilines is 3. The first-order valence-corrected chi connectivity index (χ1v) is 11.3. The molecule has 0 spiro atoms. The third-order valence-electron chi connectivity index (χ3n) is 5.90. The Balaban J connectivity index is 1.41. The van der Waals surface area contributed by atoms with E-state index < -0.39 is 35.0 Å². The largest absolute Gasteiger partial charge is 0.416 e. The minimum Gasteiger partial charge on any atom is -0.355 e. The molecule has 0 atom stereocenters. The number of aromatic amines is 1. The highest BCUT2D eigenvalue weighted by Gasteiger charge is 2.37. The summed E-state index contributed by atoms with van der Waals surface area (Å²) in [6, 6.07) is 15.4. The zero-order valence-corrected chi connectivity index (χ0v) is 19.5. The molecule has 2 aromatic heterocycles. The molecular formula is C27H16F6N4O2. The molecule has 0 saturated heterocycles. The second-order valence-electron chi connectivity index (χ2n) is 8.53. The lowest BCUT2D eigenvalue weighted by atomic mass is 10.0. The Morgan fingerprint density at radius 2 is 1.36 bits per heavy atom. The fourth-order valence-electron chi connectivity index (χ4n) is 4.09. The number of nitrogens with zero attached hydrogens (tertiary/aromatic N) is 1. The fourth-order valence-corrected chi connectivity index (χ4v) is 4.09. The number of amides is 1. The molecule has 0 saturated carbocycles. The van der Waals surface area contributed by atoms with Crippen LogP contribution in [0.3, 0.4) is 0 Å². The van der Waals surface area contributed by atoms with Crippen LogP contribution in [0.25, 0.3) is 21.8 Å². The van der Waals surface area contributed by atoms with Gasteiger partial charge in [0.15, 0.2) is 0 Å². The molecule has 2 heterocycles. The van der Waals surface area contributed by atoms with Crippen LogP contribution in [0.5, 0.6) is 0 Å². The molecule has 0 bridgehead atoms. The lowest BCUT2D eigenvalue weighted by Gasteiger charge is -2.14. The van der Waals surface area contributed by atoms with Crippen molar-refractivity contribution in [2.75, 3.05) is 10.6 Å². The number of carbonyl (C=O) groups is 1. The zero-order chi connectivity index (χ0) is 27.9. The van der Waals surface area contributed by atoms with E-state index in [-0.39, 0.29) is 17.3 Å². The molecular weight excluding hydrogens is 526 g/mol. The van der Waals surface area contributed by atoms with E-state index in [2.05, 4.69) is 20.6 Å². The topological polar surface area (TPSA) is 86.9 Å². The summed E-state index contributed by atoms with van der Waals surface area (Å²) in [6.45, 7) is 0. The quantitative estimate of drug-likeness (QED) is 0.167. The zero-order valence-electron chi connectivity index (χ0n) is 19.5. The lowest BCUT2D eigenvalue weighted by molar-refractivity contribution is -0.143. The molecule has 12 heteroatoms. The van der Waals surface area contributed by atoms with Crippen molar-refractivity contribution in [3.8, 4) is 0 Å². The number of fused-ring (bicyclic) bond motifs is 3. The van der Waals surface area contributed by atoms with E-state index >= 15 is 0 Å². The Bertz CT molecular complexity index is 1740. The van der Waals surface area contributed by atoms with Crippen LogP contribution in [0.4, 0.5) is 43.4 Å². The maximum atomic E-state index is 13.1. The first-order valence-electron chi connectivity index (χ1n) is 11.3. The number of pyridine rings is 2. The highest BCUT2D eigenvalue weighted by atomic mass is 19.4. The molecule has 5 rings (SSSR count). The first-order chi connectivity index (χ1) is 18.4. The van der Waals surface area contributed by atoms with Crippen LogP contribution in [0.2, 0.25) is 0 Å². The van der Waals surface area contributed by atoms with Crippen molar-refractivity contribution in [2.24, 2.45) is 0 Å². The van der Waals surface area contributed by atoms with E-state index in [1.54, 1.807) is 42.5 Å². The number of halogens is 6. The van der Waals surface area contributed by atoms with Crippen molar-refractivity contribution < 1.29 is 31.1 Å². The molecule has 0 unspecified atom stereocenters. The first kappa shape index (κ1) is 25.8. The van der Waals surface area contributed by atoms with Crippen LogP contribution in [-0.2, 0) is 12.4 Å². The predicted octanol–water partition coefficient (Wildman–Crippen LogP) is 7.11. The second-order valence-corrected chi connectivity index (χ2v) is 8.53. The van der Waals surface area contributed by atoms with Crippen LogP contribution in [0, 0.1) is 0 Å². The Hall–Kier alpha value is -4.87. The van der Waals surface area contributed by atoms with Gasteiger partial charge in [0.2, 0.25) is 0 Å². The molecule has 198 valence electrons. The predicted molar refractivity (Wildman–Crippen MR) is 134 cm³/mol. The van der Waals surface area contributed by atoms with Gasteiger partial charge in [-0.2, -0.15) is 26.3 Å². The van der Waals surface area contributed by atoms with Gasteiger partial charge in [-0.15, -0.1) is 0 Å². The summed E-state index contributed by atoms with van der Waals surface area (Å²) in [5.74, 6) is -1.14. The summed E-state index contributed by atoms with van der Waals surface area (Å²) in [5.41, 5.74) is -2.56. The summed E-state index contributed by atoms with van der Waals surface area (Å²) in [4.78, 5) is 31.9. The third-order valence-corrected chi connectivity index (χ3v) is 5.90. The number of hydrogen-bond acceptors (Lipinski definition) is 4. The van der Waals surface area contributed by atoms with Crippen LogP contribution < -0.4 is 16.2 Å². The van der Waals surface area contributed by atoms with Crippen molar-refractivity contribution in [1.82, 2.24) is 9.97 Å². The molecule has 0 radical (unpaired) electrons. The van der Waals surface area contributed by atoms with Crippen molar-refractivity contribution in [3.63, 3.8) is 0 Å². The van der Waals surface area contributed by atoms with Gasteiger partial charge in [-0.3, -0.25) is 9.59 Å². The fraction of sp³-hybridized carbons (Fsp3) is 0.0741. The number of H-pyrrole nitrogens is 1. The maximum Gasteiger partial charge on any atom is 0.416 e. The number of alkyl halides is 6. The highest BCUT2D eigenvalue weighted by molar-refractivity contribution is 6.11. The van der Waals surface area contributed by atoms with E-state index in [0.29, 0.717) is 45.3 Å². The number of hydrogen-bond donors (Lipinski definition) is 3. The third kappa shape index (κ3) is 5.26. The van der Waals surface area contributed by atoms with E-state index in [0.717, 1.165) is 0 Å². The number of benzene rings is 3. The van der Waals surface area contributed by atoms with E-state index in [1.807, 2.05) is 0 Å². The minimum absolute atomic E-state index is 0.0428. The standard InChI is InChI=1S/C27H16F6N4O2/c28-26(29,30)15-11-14(12-16(13-15)27(31,32)33)24(38)36-18-7-5-17(6-8-18)35-21-9-10-34-23-22(21)19-3-1-2-4-20(19)25(39)37-23/h1-13H,(H,36,38)(H2,34,35,37,39). The smallest absolute Gasteiger partial charge is 0.355 e. The summed E-state index contributed by atoms with van der Waals surface area (Å²) in [5, 5.41) is 7.32. The van der Waals surface area contributed by atoms with E-state index in [4.69, 9.17) is 0 Å². The SMILES string of the molecule is O=C(Nc1ccc(Nc2ccnc3[nH]c(=O)c4ccccc4c23)cc1)c1cc(C(F)(F)F)cc(C(F)(F)F)c1. The minimum atomic E-state index is -5.07. The highest BCUT2D eigenvalue weighted by Crippen LogP contribution is 2.36. The normalized spacial score (nSPS) is 12.1. The molecule has 3 aromatic carbocycles. The second kappa shape index (κ2) is 9.46. The van der Waals surface area contributed by atoms with E-state index in [1.165, 1.54) is 18.3 Å². The Labute approximate surface area is 215 Å². The molecule has 0 fully saturated rings. The number of aromatic nitrogens is 2. The molecule has 39 heavy (non-hydrogen) atoms. The van der Waals surface area contributed by atoms with Crippen molar-refractivity contribution in [3.05, 3.63) is 106 Å². The Morgan fingerprint density at radius 1 is 0.769 bits per heavy atom. The molecule has 1 amide bonds. The number of rotatable bonds is 4. The molecule has 0 aliphatic heterocycles. The average molecular weight is 542 g/mol. The van der Waals surface area contributed by atoms with Crippen LogP contribution in [-0.4, -0.2) is 15.9 Å². The van der Waals surface area contributed by atoms with Gasteiger partial charge in [-0.1, -0.05) is 18.2 Å². The van der Waals surface area contributed by atoms with Crippen molar-refractivity contribution in [1.29, 1.82) is 0 Å². The maximum absolute atomic E-state index is 13.1. The van der Waals surface area contributed by atoms with Crippen molar-refractivity contribution >= 4 is 44.8 Å². The van der Waals surface area contributed by atoms with Crippen LogP contribution >= 0.6 is 0 Å². The van der Waals surface area contributed by atoms with Gasteiger partial charge in [0.05, 0.1) is 16.8 Å². The molecule has 0 aliphatic rings. The van der Waals surface area contributed by atoms with Gasteiger partial charge < -0.3 is 15.6 Å². The van der Waals surface area contributed by atoms with E-state index in [9.17, 15) is 35.9 Å². The number of carbonyl (C=O) groups excluding carboxylic acids is 1. The summed E-state index contributed by atoms with van der Waals surface area (Å²) in [6.07, 6.45) is -8.63. The molecule has 3 N–H and O–H groups in total. The van der Waals surface area contributed by atoms with Crippen molar-refractivity contribution in [2.45, 2.75) is 12.4 Å². The van der Waals surface area contributed by atoms with Gasteiger partial charge in [0.1, 0.15) is 5.65 Å². The van der Waals surface area contributed by atoms with Gasteiger partial charge >= 0.3 is 12.4 Å². The Morgan fingerprint density at radius 3 is 1.97 bits per heavy atom. The molecule has 0 aliphatic carbocycles. The molecule has 5 aromatic rings. The van der Waals surface area contributed by atoms with Gasteiger partial charge in [-0.05, 0) is 54.6 Å². The molecule has 6 nitrogen and oxygen atoms in total. The average Bonchev–Trinajstić information content (AvgIpc) is 2.88. The summed E-state index contributed by atoms with van der Waals surface area (Å²) >= 11 is 0. The van der Waals surface area contributed by atoms with Crippen LogP contribution in [0.15, 0.2) is 83.8 Å². The van der Waals surface area contributed by atoms with Gasteiger partial charge in [0.25, 0.3) is 11.5 Å². The lowest BCUT2D eigenvalue weighted by Crippen LogP contribution is -2.17.